The Morgan fingerprint density at radius 1 is 1.39 bits per heavy atom. The molecule has 0 saturated carbocycles. The normalized spacial score (nSPS) is 23.2. The first-order valence-electron chi connectivity index (χ1n) is 7.04. The summed E-state index contributed by atoms with van der Waals surface area (Å²) in [6.07, 6.45) is 3.78. The van der Waals surface area contributed by atoms with Crippen molar-refractivity contribution >= 4 is 15.9 Å². The topological polar surface area (TPSA) is 15.3 Å². The second-order valence-electron chi connectivity index (χ2n) is 5.45. The minimum absolute atomic E-state index is 0.653. The van der Waals surface area contributed by atoms with Gasteiger partial charge < -0.3 is 5.32 Å². The summed E-state index contributed by atoms with van der Waals surface area (Å²) >= 11 is 3.58. The van der Waals surface area contributed by atoms with E-state index in [-0.39, 0.29) is 0 Å². The molecule has 1 unspecified atom stereocenters. The molecule has 1 N–H and O–H groups in total. The van der Waals surface area contributed by atoms with Gasteiger partial charge in [0.15, 0.2) is 0 Å². The Labute approximate surface area is 118 Å². The van der Waals surface area contributed by atoms with Gasteiger partial charge >= 0.3 is 0 Å². The van der Waals surface area contributed by atoms with Crippen LogP contribution in [-0.2, 0) is 6.42 Å². The quantitative estimate of drug-likeness (QED) is 0.919. The zero-order chi connectivity index (χ0) is 12.5. The summed E-state index contributed by atoms with van der Waals surface area (Å²) in [7, 11) is 0. The van der Waals surface area contributed by atoms with E-state index in [1.54, 1.807) is 11.1 Å². The molecule has 1 fully saturated rings. The third-order valence-electron chi connectivity index (χ3n) is 4.26. The molecule has 18 heavy (non-hydrogen) atoms. The van der Waals surface area contributed by atoms with E-state index in [2.05, 4.69) is 51.3 Å². The maximum absolute atomic E-state index is 3.58. The maximum atomic E-state index is 3.58. The Morgan fingerprint density at radius 2 is 2.22 bits per heavy atom. The van der Waals surface area contributed by atoms with E-state index in [9.17, 15) is 0 Å². The molecule has 0 spiro atoms. The average Bonchev–Trinajstić information content (AvgIpc) is 2.68. The smallest absolute Gasteiger partial charge is 0.0358 e. The van der Waals surface area contributed by atoms with Crippen LogP contribution in [0.1, 0.15) is 36.9 Å². The summed E-state index contributed by atoms with van der Waals surface area (Å²) in [5, 5.41) is 3.41. The van der Waals surface area contributed by atoms with Gasteiger partial charge in [0.1, 0.15) is 0 Å². The minimum atomic E-state index is 0.653. The van der Waals surface area contributed by atoms with Crippen LogP contribution in [0.4, 0.5) is 0 Å². The van der Waals surface area contributed by atoms with Gasteiger partial charge in [-0.3, -0.25) is 4.90 Å². The Bertz CT molecular complexity index is 429. The fourth-order valence-electron chi connectivity index (χ4n) is 3.27. The molecule has 1 aromatic carbocycles. The molecule has 1 atom stereocenters. The van der Waals surface area contributed by atoms with Gasteiger partial charge in [-0.25, -0.2) is 0 Å². The first-order valence-corrected chi connectivity index (χ1v) is 7.83. The van der Waals surface area contributed by atoms with Gasteiger partial charge in [0.05, 0.1) is 0 Å². The van der Waals surface area contributed by atoms with E-state index in [1.165, 1.54) is 43.4 Å². The van der Waals surface area contributed by atoms with E-state index >= 15 is 0 Å². The van der Waals surface area contributed by atoms with Crippen LogP contribution < -0.4 is 5.32 Å². The molecular formula is C15H21BrN2. The van der Waals surface area contributed by atoms with E-state index < -0.39 is 0 Å². The number of nitrogens with zero attached hydrogens (tertiary/aromatic N) is 1. The van der Waals surface area contributed by atoms with Crippen LogP contribution in [0.5, 0.6) is 0 Å². The lowest BCUT2D eigenvalue weighted by Gasteiger charge is -2.42. The van der Waals surface area contributed by atoms with Crippen LogP contribution in [0.3, 0.4) is 0 Å². The lowest BCUT2D eigenvalue weighted by molar-refractivity contribution is 0.0944. The van der Waals surface area contributed by atoms with Crippen molar-refractivity contribution in [2.24, 2.45) is 0 Å². The lowest BCUT2D eigenvalue weighted by atomic mass is 10.0. The van der Waals surface area contributed by atoms with Crippen molar-refractivity contribution in [3.8, 4) is 0 Å². The molecule has 0 aromatic heterocycles. The molecule has 1 aliphatic carbocycles. The molecule has 2 nitrogen and oxygen atoms in total. The van der Waals surface area contributed by atoms with Crippen molar-refractivity contribution in [1.82, 2.24) is 10.2 Å². The Kier molecular flexibility index (Phi) is 3.73. The molecule has 0 radical (unpaired) electrons. The molecule has 0 amide bonds. The molecule has 1 aliphatic heterocycles. The van der Waals surface area contributed by atoms with Gasteiger partial charge in [0.25, 0.3) is 0 Å². The molecule has 1 heterocycles. The van der Waals surface area contributed by atoms with E-state index in [1.807, 2.05) is 0 Å². The van der Waals surface area contributed by atoms with Crippen molar-refractivity contribution in [3.05, 3.63) is 33.8 Å². The van der Waals surface area contributed by atoms with Crippen LogP contribution >= 0.6 is 15.9 Å². The Hall–Kier alpha value is -0.380. The summed E-state index contributed by atoms with van der Waals surface area (Å²) in [6.45, 7) is 5.85. The third kappa shape index (κ3) is 2.24. The van der Waals surface area contributed by atoms with Crippen LogP contribution in [0.15, 0.2) is 22.7 Å². The van der Waals surface area contributed by atoms with Crippen LogP contribution in [0.2, 0.25) is 0 Å². The number of hydrogen-bond acceptors (Lipinski definition) is 2. The molecule has 0 bridgehead atoms. The van der Waals surface area contributed by atoms with Crippen molar-refractivity contribution in [2.45, 2.75) is 38.3 Å². The summed E-state index contributed by atoms with van der Waals surface area (Å²) in [5.41, 5.74) is 3.11. The molecule has 1 aromatic rings. The van der Waals surface area contributed by atoms with Gasteiger partial charge in [0.2, 0.25) is 0 Å². The van der Waals surface area contributed by atoms with Crippen LogP contribution in [0, 0.1) is 0 Å². The highest BCUT2D eigenvalue weighted by Gasteiger charge is 2.34. The summed E-state index contributed by atoms with van der Waals surface area (Å²) < 4.78 is 1.22. The molecular weight excluding hydrogens is 288 g/mol. The molecule has 1 saturated heterocycles. The highest BCUT2D eigenvalue weighted by molar-refractivity contribution is 9.10. The number of hydrogen-bond donors (Lipinski definition) is 1. The number of rotatable bonds is 4. The lowest BCUT2D eigenvalue weighted by Crippen LogP contribution is -2.57. The highest BCUT2D eigenvalue weighted by Crippen LogP contribution is 2.38. The molecule has 2 aliphatic rings. The van der Waals surface area contributed by atoms with Gasteiger partial charge in [0, 0.05) is 29.6 Å². The number of fused-ring (bicyclic) bond motifs is 1. The largest absolute Gasteiger partial charge is 0.314 e. The second kappa shape index (κ2) is 5.32. The fourth-order valence-corrected chi connectivity index (χ4v) is 3.68. The molecule has 98 valence electrons. The van der Waals surface area contributed by atoms with Gasteiger partial charge in [-0.05, 0) is 49.1 Å². The van der Waals surface area contributed by atoms with Gasteiger partial charge in [-0.1, -0.05) is 28.9 Å². The first-order chi connectivity index (χ1) is 8.79. The van der Waals surface area contributed by atoms with Crippen molar-refractivity contribution in [1.29, 1.82) is 0 Å². The zero-order valence-electron chi connectivity index (χ0n) is 11.0. The van der Waals surface area contributed by atoms with E-state index in [4.69, 9.17) is 0 Å². The van der Waals surface area contributed by atoms with Crippen LogP contribution in [-0.4, -0.2) is 30.6 Å². The Morgan fingerprint density at radius 3 is 2.89 bits per heavy atom. The molecule has 3 rings (SSSR count). The SMILES string of the molecule is CCCN(C1CNC1)C1CCc2cc(Br)ccc21. The first kappa shape index (κ1) is 12.6. The maximum Gasteiger partial charge on any atom is 0.0358 e. The van der Waals surface area contributed by atoms with Crippen molar-refractivity contribution < 1.29 is 0 Å². The van der Waals surface area contributed by atoms with Crippen molar-refractivity contribution in [3.63, 3.8) is 0 Å². The van der Waals surface area contributed by atoms with Gasteiger partial charge in [-0.2, -0.15) is 0 Å². The van der Waals surface area contributed by atoms with E-state index in [0.717, 1.165) is 6.04 Å². The fraction of sp³-hybridized carbons (Fsp3) is 0.600. The van der Waals surface area contributed by atoms with E-state index in [0.29, 0.717) is 6.04 Å². The van der Waals surface area contributed by atoms with Crippen LogP contribution in [0.25, 0.3) is 0 Å². The third-order valence-corrected chi connectivity index (χ3v) is 4.76. The zero-order valence-corrected chi connectivity index (χ0v) is 12.5. The highest BCUT2D eigenvalue weighted by atomic mass is 79.9. The van der Waals surface area contributed by atoms with Crippen molar-refractivity contribution in [2.75, 3.05) is 19.6 Å². The Balaban J connectivity index is 1.84. The number of halogens is 1. The summed E-state index contributed by atoms with van der Waals surface area (Å²) in [5.74, 6) is 0. The summed E-state index contributed by atoms with van der Waals surface area (Å²) in [4.78, 5) is 2.73. The molecule has 3 heteroatoms. The monoisotopic (exact) mass is 308 g/mol. The average molecular weight is 309 g/mol. The predicted molar refractivity (Wildman–Crippen MR) is 78.9 cm³/mol. The minimum Gasteiger partial charge on any atom is -0.314 e. The number of nitrogens with one attached hydrogen (secondary N) is 1. The van der Waals surface area contributed by atoms with Gasteiger partial charge in [-0.15, -0.1) is 0 Å². The number of aryl methyl sites for hydroxylation is 1. The summed E-state index contributed by atoms with van der Waals surface area (Å²) in [6, 6.07) is 8.23. The predicted octanol–water partition coefficient (Wildman–Crippen LogP) is 3.12. The second-order valence-corrected chi connectivity index (χ2v) is 6.36. The number of benzene rings is 1. The standard InChI is InChI=1S/C15H21BrN2/c1-2-7-18(13-9-17-10-13)15-6-3-11-8-12(16)4-5-14(11)15/h4-5,8,13,15,17H,2-3,6-7,9-10H2,1H3.